The van der Waals surface area contributed by atoms with Crippen molar-refractivity contribution in [3.05, 3.63) is 48.0 Å². The molecule has 4 heteroatoms. The second kappa shape index (κ2) is 6.87. The first kappa shape index (κ1) is 17.5. The van der Waals surface area contributed by atoms with E-state index in [2.05, 4.69) is 0 Å². The highest BCUT2D eigenvalue weighted by Crippen LogP contribution is 2.22. The fourth-order valence-electron chi connectivity index (χ4n) is 3.38. The van der Waals surface area contributed by atoms with Crippen LogP contribution in [0.1, 0.15) is 37.6 Å². The van der Waals surface area contributed by atoms with Gasteiger partial charge < -0.3 is 9.80 Å². The first-order valence-electron chi connectivity index (χ1n) is 8.94. The van der Waals surface area contributed by atoms with E-state index in [0.717, 1.165) is 29.3 Å². The molecule has 0 radical (unpaired) electrons. The number of hydrogen-bond donors (Lipinski definition) is 0. The molecule has 0 bridgehead atoms. The molecule has 1 aliphatic rings. The van der Waals surface area contributed by atoms with Gasteiger partial charge in [-0.2, -0.15) is 0 Å². The van der Waals surface area contributed by atoms with E-state index in [1.807, 2.05) is 73.0 Å². The van der Waals surface area contributed by atoms with Gasteiger partial charge in [-0.05, 0) is 23.3 Å². The van der Waals surface area contributed by atoms with Crippen LogP contribution in [0.25, 0.3) is 10.8 Å². The third kappa shape index (κ3) is 3.68. The van der Waals surface area contributed by atoms with Crippen molar-refractivity contribution in [3.63, 3.8) is 0 Å². The Morgan fingerprint density at radius 3 is 2.24 bits per heavy atom. The van der Waals surface area contributed by atoms with Crippen LogP contribution < -0.4 is 0 Å². The zero-order chi connectivity index (χ0) is 18.0. The van der Waals surface area contributed by atoms with E-state index in [-0.39, 0.29) is 17.2 Å². The van der Waals surface area contributed by atoms with Gasteiger partial charge in [-0.3, -0.25) is 9.59 Å². The Morgan fingerprint density at radius 1 is 0.840 bits per heavy atom. The minimum atomic E-state index is -0.380. The maximum Gasteiger partial charge on any atom is 0.254 e. The normalized spacial score (nSPS) is 16.0. The summed E-state index contributed by atoms with van der Waals surface area (Å²) in [6, 6.07) is 13.8. The van der Waals surface area contributed by atoms with Gasteiger partial charge in [0.2, 0.25) is 5.91 Å². The monoisotopic (exact) mass is 338 g/mol. The lowest BCUT2D eigenvalue weighted by Crippen LogP contribution is -2.42. The molecule has 2 amide bonds. The number of amides is 2. The molecule has 1 heterocycles. The largest absolute Gasteiger partial charge is 0.340 e. The molecule has 0 saturated carbocycles. The van der Waals surface area contributed by atoms with E-state index < -0.39 is 0 Å². The molecule has 1 fully saturated rings. The summed E-state index contributed by atoms with van der Waals surface area (Å²) < 4.78 is 0. The Bertz CT molecular complexity index is 787. The van der Waals surface area contributed by atoms with E-state index in [1.165, 1.54) is 0 Å². The summed E-state index contributed by atoms with van der Waals surface area (Å²) in [7, 11) is 0. The van der Waals surface area contributed by atoms with Gasteiger partial charge in [-0.1, -0.05) is 57.2 Å². The van der Waals surface area contributed by atoms with Crippen molar-refractivity contribution < 1.29 is 9.59 Å². The van der Waals surface area contributed by atoms with Gasteiger partial charge in [-0.25, -0.2) is 0 Å². The predicted octanol–water partition coefficient (Wildman–Crippen LogP) is 3.56. The third-order valence-electron chi connectivity index (χ3n) is 4.73. The zero-order valence-electron chi connectivity index (χ0n) is 15.3. The Balaban J connectivity index is 1.78. The standard InChI is InChI=1S/C21H26N2O2/c1-21(2,3)20(25)23-13-7-12-22(14-15-23)19(24)18-11-6-9-16-8-4-5-10-17(16)18/h4-6,8-11H,7,12-15H2,1-3H3. The van der Waals surface area contributed by atoms with Gasteiger partial charge in [0.1, 0.15) is 0 Å². The summed E-state index contributed by atoms with van der Waals surface area (Å²) in [6.07, 6.45) is 0.818. The summed E-state index contributed by atoms with van der Waals surface area (Å²) in [5.41, 5.74) is 0.364. The van der Waals surface area contributed by atoms with Gasteiger partial charge in [0.15, 0.2) is 0 Å². The minimum absolute atomic E-state index is 0.0573. The lowest BCUT2D eigenvalue weighted by Gasteiger charge is -2.28. The molecule has 0 spiro atoms. The second-order valence-corrected chi connectivity index (χ2v) is 7.71. The third-order valence-corrected chi connectivity index (χ3v) is 4.73. The first-order valence-corrected chi connectivity index (χ1v) is 8.94. The second-order valence-electron chi connectivity index (χ2n) is 7.71. The van der Waals surface area contributed by atoms with Crippen molar-refractivity contribution in [2.45, 2.75) is 27.2 Å². The fourth-order valence-corrected chi connectivity index (χ4v) is 3.38. The summed E-state index contributed by atoms with van der Waals surface area (Å²) in [6.45, 7) is 8.43. The molecule has 0 aromatic heterocycles. The first-order chi connectivity index (χ1) is 11.9. The summed E-state index contributed by atoms with van der Waals surface area (Å²) in [4.78, 5) is 29.4. The Labute approximate surface area is 149 Å². The van der Waals surface area contributed by atoms with Gasteiger partial charge in [0.25, 0.3) is 5.91 Å². The Kier molecular flexibility index (Phi) is 4.80. The zero-order valence-corrected chi connectivity index (χ0v) is 15.3. The highest BCUT2D eigenvalue weighted by Gasteiger charge is 2.29. The van der Waals surface area contributed by atoms with E-state index in [4.69, 9.17) is 0 Å². The fraction of sp³-hybridized carbons (Fsp3) is 0.429. The number of benzene rings is 2. The van der Waals surface area contributed by atoms with Crippen LogP contribution >= 0.6 is 0 Å². The topological polar surface area (TPSA) is 40.6 Å². The molecule has 1 saturated heterocycles. The van der Waals surface area contributed by atoms with Crippen molar-refractivity contribution in [1.29, 1.82) is 0 Å². The van der Waals surface area contributed by atoms with Crippen molar-refractivity contribution in [3.8, 4) is 0 Å². The Morgan fingerprint density at radius 2 is 1.48 bits per heavy atom. The Hall–Kier alpha value is -2.36. The minimum Gasteiger partial charge on any atom is -0.340 e. The van der Waals surface area contributed by atoms with Crippen LogP contribution in [0.2, 0.25) is 0 Å². The van der Waals surface area contributed by atoms with Gasteiger partial charge in [-0.15, -0.1) is 0 Å². The van der Waals surface area contributed by atoms with Crippen molar-refractivity contribution in [2.75, 3.05) is 26.2 Å². The van der Waals surface area contributed by atoms with Crippen LogP contribution in [-0.4, -0.2) is 47.8 Å². The summed E-state index contributed by atoms with van der Waals surface area (Å²) >= 11 is 0. The van der Waals surface area contributed by atoms with E-state index in [1.54, 1.807) is 0 Å². The quantitative estimate of drug-likeness (QED) is 0.798. The van der Waals surface area contributed by atoms with Crippen molar-refractivity contribution in [2.24, 2.45) is 5.41 Å². The molecule has 0 unspecified atom stereocenters. The average molecular weight is 338 g/mol. The molecule has 3 rings (SSSR count). The number of carbonyl (C=O) groups is 2. The van der Waals surface area contributed by atoms with Crippen LogP contribution in [0, 0.1) is 5.41 Å². The average Bonchev–Trinajstić information content (AvgIpc) is 2.85. The van der Waals surface area contributed by atoms with Crippen LogP contribution in [0.3, 0.4) is 0 Å². The molecule has 2 aromatic carbocycles. The molecule has 4 nitrogen and oxygen atoms in total. The lowest BCUT2D eigenvalue weighted by atomic mass is 9.94. The number of fused-ring (bicyclic) bond motifs is 1. The molecular formula is C21H26N2O2. The smallest absolute Gasteiger partial charge is 0.254 e. The molecular weight excluding hydrogens is 312 g/mol. The molecule has 1 aliphatic heterocycles. The molecule has 0 aliphatic carbocycles. The number of nitrogens with zero attached hydrogens (tertiary/aromatic N) is 2. The van der Waals surface area contributed by atoms with E-state index >= 15 is 0 Å². The molecule has 0 atom stereocenters. The highest BCUT2D eigenvalue weighted by atomic mass is 16.2. The number of carbonyl (C=O) groups excluding carboxylic acids is 2. The van der Waals surface area contributed by atoms with Crippen molar-refractivity contribution >= 4 is 22.6 Å². The molecule has 132 valence electrons. The SMILES string of the molecule is CC(C)(C)C(=O)N1CCCN(C(=O)c2cccc3ccccc23)CC1. The van der Waals surface area contributed by atoms with Gasteiger partial charge in [0, 0.05) is 37.2 Å². The number of hydrogen-bond acceptors (Lipinski definition) is 2. The predicted molar refractivity (Wildman–Crippen MR) is 101 cm³/mol. The summed E-state index contributed by atoms with van der Waals surface area (Å²) in [5.74, 6) is 0.216. The van der Waals surface area contributed by atoms with Crippen LogP contribution in [0.4, 0.5) is 0 Å². The van der Waals surface area contributed by atoms with Crippen molar-refractivity contribution in [1.82, 2.24) is 9.80 Å². The van der Waals surface area contributed by atoms with Gasteiger partial charge >= 0.3 is 0 Å². The maximum absolute atomic E-state index is 13.1. The maximum atomic E-state index is 13.1. The van der Waals surface area contributed by atoms with Gasteiger partial charge in [0.05, 0.1) is 0 Å². The number of rotatable bonds is 1. The lowest BCUT2D eigenvalue weighted by molar-refractivity contribution is -0.139. The molecule has 2 aromatic rings. The summed E-state index contributed by atoms with van der Waals surface area (Å²) in [5, 5.41) is 2.06. The molecule has 0 N–H and O–H groups in total. The van der Waals surface area contributed by atoms with Crippen LogP contribution in [0.15, 0.2) is 42.5 Å². The highest BCUT2D eigenvalue weighted by molar-refractivity contribution is 6.07. The van der Waals surface area contributed by atoms with E-state index in [0.29, 0.717) is 19.6 Å². The molecule has 25 heavy (non-hydrogen) atoms. The van der Waals surface area contributed by atoms with Crippen LogP contribution in [0.5, 0.6) is 0 Å². The van der Waals surface area contributed by atoms with E-state index in [9.17, 15) is 9.59 Å². The van der Waals surface area contributed by atoms with Crippen LogP contribution in [-0.2, 0) is 4.79 Å².